The zero-order valence-electron chi connectivity index (χ0n) is 11.7. The zero-order chi connectivity index (χ0) is 13.5. The maximum absolute atomic E-state index is 6.17. The lowest BCUT2D eigenvalue weighted by atomic mass is 10.0. The van der Waals surface area contributed by atoms with Gasteiger partial charge >= 0.3 is 0 Å². The largest absolute Gasteiger partial charge is 0.394 e. The molecule has 1 aromatic heterocycles. The molecule has 1 aromatic rings. The van der Waals surface area contributed by atoms with Gasteiger partial charge in [-0.05, 0) is 13.8 Å². The molecule has 0 aromatic carbocycles. The first-order chi connectivity index (χ1) is 9.15. The highest BCUT2D eigenvalue weighted by Crippen LogP contribution is 2.35. The number of anilines is 2. The summed E-state index contributed by atoms with van der Waals surface area (Å²) in [5, 5.41) is 4.48. The molecule has 1 spiro atoms. The molecule has 6 nitrogen and oxygen atoms in total. The molecule has 2 saturated heterocycles. The maximum Gasteiger partial charge on any atom is 0.171 e. The van der Waals surface area contributed by atoms with Crippen molar-refractivity contribution in [3.63, 3.8) is 0 Å². The Kier molecular flexibility index (Phi) is 3.14. The Morgan fingerprint density at radius 1 is 1.26 bits per heavy atom. The minimum absolute atomic E-state index is 0.336. The lowest BCUT2D eigenvalue weighted by Crippen LogP contribution is -2.46. The third kappa shape index (κ3) is 2.08. The fourth-order valence-electron chi connectivity index (χ4n) is 2.98. The smallest absolute Gasteiger partial charge is 0.171 e. The van der Waals surface area contributed by atoms with E-state index in [0.717, 1.165) is 49.7 Å². The molecule has 0 unspecified atom stereocenters. The van der Waals surface area contributed by atoms with Crippen molar-refractivity contribution < 1.29 is 9.47 Å². The number of nitrogens with two attached hydrogens (primary N) is 1. The van der Waals surface area contributed by atoms with Crippen LogP contribution < -0.4 is 10.6 Å². The van der Waals surface area contributed by atoms with Crippen molar-refractivity contribution in [3.05, 3.63) is 5.69 Å². The average Bonchev–Trinajstić information content (AvgIpc) is 2.98. The van der Waals surface area contributed by atoms with E-state index in [-0.39, 0.29) is 5.79 Å². The molecule has 3 heterocycles. The van der Waals surface area contributed by atoms with Gasteiger partial charge in [-0.15, -0.1) is 0 Å². The molecule has 0 bridgehead atoms. The lowest BCUT2D eigenvalue weighted by Gasteiger charge is -2.38. The predicted octanol–water partition coefficient (Wildman–Crippen LogP) is 1.14. The van der Waals surface area contributed by atoms with Gasteiger partial charge in [-0.2, -0.15) is 5.10 Å². The van der Waals surface area contributed by atoms with Crippen LogP contribution in [0.4, 0.5) is 11.5 Å². The number of hydrogen-bond donors (Lipinski definition) is 1. The molecule has 2 fully saturated rings. The Labute approximate surface area is 113 Å². The predicted molar refractivity (Wildman–Crippen MR) is 73.1 cm³/mol. The van der Waals surface area contributed by atoms with Crippen molar-refractivity contribution in [2.24, 2.45) is 0 Å². The molecule has 19 heavy (non-hydrogen) atoms. The number of ether oxygens (including phenoxy) is 2. The highest BCUT2D eigenvalue weighted by molar-refractivity contribution is 5.66. The van der Waals surface area contributed by atoms with Crippen LogP contribution in [0.2, 0.25) is 0 Å². The van der Waals surface area contributed by atoms with E-state index in [9.17, 15) is 0 Å². The summed E-state index contributed by atoms with van der Waals surface area (Å²) in [7, 11) is 0. The van der Waals surface area contributed by atoms with E-state index < -0.39 is 0 Å². The highest BCUT2D eigenvalue weighted by atomic mass is 16.7. The van der Waals surface area contributed by atoms with Crippen LogP contribution in [0.15, 0.2) is 0 Å². The molecule has 0 aliphatic carbocycles. The Morgan fingerprint density at radius 3 is 2.47 bits per heavy atom. The van der Waals surface area contributed by atoms with Crippen molar-refractivity contribution in [3.8, 4) is 0 Å². The third-order valence-electron chi connectivity index (χ3n) is 4.08. The van der Waals surface area contributed by atoms with E-state index in [1.807, 2.05) is 11.6 Å². The van der Waals surface area contributed by atoms with Crippen molar-refractivity contribution in [1.82, 2.24) is 9.78 Å². The van der Waals surface area contributed by atoms with Crippen LogP contribution in [0.1, 0.15) is 25.5 Å². The second kappa shape index (κ2) is 4.68. The first-order valence-electron chi connectivity index (χ1n) is 7.01. The summed E-state index contributed by atoms with van der Waals surface area (Å²) in [6.45, 7) is 8.11. The van der Waals surface area contributed by atoms with Crippen LogP contribution in [-0.4, -0.2) is 41.9 Å². The van der Waals surface area contributed by atoms with Crippen LogP contribution in [0.25, 0.3) is 0 Å². The Morgan fingerprint density at radius 2 is 1.89 bits per heavy atom. The minimum Gasteiger partial charge on any atom is -0.394 e. The molecule has 106 valence electrons. The summed E-state index contributed by atoms with van der Waals surface area (Å²) in [6.07, 6.45) is 1.78. The molecule has 0 atom stereocenters. The fourth-order valence-corrected chi connectivity index (χ4v) is 2.98. The van der Waals surface area contributed by atoms with Gasteiger partial charge in [-0.3, -0.25) is 0 Å². The van der Waals surface area contributed by atoms with Gasteiger partial charge in [0.1, 0.15) is 0 Å². The van der Waals surface area contributed by atoms with Crippen molar-refractivity contribution >= 4 is 11.5 Å². The van der Waals surface area contributed by atoms with E-state index in [1.54, 1.807) is 0 Å². The van der Waals surface area contributed by atoms with Gasteiger partial charge in [0.2, 0.25) is 0 Å². The van der Waals surface area contributed by atoms with Gasteiger partial charge in [0.25, 0.3) is 0 Å². The standard InChI is InChI=1S/C13H22N4O2/c1-3-17-12(11(14)10(2)15-17)16-6-4-13(5-7-16)18-8-9-19-13/h3-9,14H2,1-2H3. The van der Waals surface area contributed by atoms with Crippen LogP contribution in [0.3, 0.4) is 0 Å². The van der Waals surface area contributed by atoms with Crippen LogP contribution in [0, 0.1) is 6.92 Å². The second-order valence-corrected chi connectivity index (χ2v) is 5.23. The minimum atomic E-state index is -0.336. The van der Waals surface area contributed by atoms with E-state index in [2.05, 4.69) is 16.9 Å². The molecule has 0 radical (unpaired) electrons. The molecule has 0 saturated carbocycles. The van der Waals surface area contributed by atoms with Gasteiger partial charge < -0.3 is 20.1 Å². The number of aryl methyl sites for hydroxylation is 2. The van der Waals surface area contributed by atoms with Crippen molar-refractivity contribution in [2.45, 2.75) is 39.0 Å². The average molecular weight is 266 g/mol. The summed E-state index contributed by atoms with van der Waals surface area (Å²) in [4.78, 5) is 2.30. The normalized spacial score (nSPS) is 22.3. The first-order valence-corrected chi connectivity index (χ1v) is 7.01. The van der Waals surface area contributed by atoms with Crippen LogP contribution >= 0.6 is 0 Å². The van der Waals surface area contributed by atoms with E-state index in [0.29, 0.717) is 13.2 Å². The van der Waals surface area contributed by atoms with Crippen molar-refractivity contribution in [1.29, 1.82) is 0 Å². The topological polar surface area (TPSA) is 65.5 Å². The van der Waals surface area contributed by atoms with Gasteiger partial charge in [-0.25, -0.2) is 4.68 Å². The molecular weight excluding hydrogens is 244 g/mol. The zero-order valence-corrected chi connectivity index (χ0v) is 11.7. The summed E-state index contributed by atoms with van der Waals surface area (Å²) in [5.41, 5.74) is 7.87. The number of hydrogen-bond acceptors (Lipinski definition) is 5. The maximum atomic E-state index is 6.17. The highest BCUT2D eigenvalue weighted by Gasteiger charge is 2.40. The number of nitrogens with zero attached hydrogens (tertiary/aromatic N) is 3. The summed E-state index contributed by atoms with van der Waals surface area (Å²) in [6, 6.07) is 0. The fraction of sp³-hybridized carbons (Fsp3) is 0.769. The second-order valence-electron chi connectivity index (χ2n) is 5.23. The third-order valence-corrected chi connectivity index (χ3v) is 4.08. The monoisotopic (exact) mass is 266 g/mol. The molecular formula is C13H22N4O2. The summed E-state index contributed by atoms with van der Waals surface area (Å²) >= 11 is 0. The Bertz CT molecular complexity index is 455. The molecule has 0 amide bonds. The molecule has 6 heteroatoms. The first kappa shape index (κ1) is 12.7. The Balaban J connectivity index is 1.78. The van der Waals surface area contributed by atoms with Gasteiger partial charge in [0.05, 0.1) is 24.6 Å². The molecule has 2 aliphatic rings. The van der Waals surface area contributed by atoms with Gasteiger partial charge in [-0.1, -0.05) is 0 Å². The van der Waals surface area contributed by atoms with E-state index in [1.165, 1.54) is 0 Å². The lowest BCUT2D eigenvalue weighted by molar-refractivity contribution is -0.169. The quantitative estimate of drug-likeness (QED) is 0.869. The number of rotatable bonds is 2. The molecule has 3 rings (SSSR count). The van der Waals surface area contributed by atoms with E-state index >= 15 is 0 Å². The van der Waals surface area contributed by atoms with Crippen LogP contribution in [-0.2, 0) is 16.0 Å². The number of aromatic nitrogens is 2. The summed E-state index contributed by atoms with van der Waals surface area (Å²) < 4.78 is 13.5. The molecule has 2 aliphatic heterocycles. The van der Waals surface area contributed by atoms with Crippen molar-refractivity contribution in [2.75, 3.05) is 36.9 Å². The number of nitrogen functional groups attached to an aromatic ring is 1. The van der Waals surface area contributed by atoms with E-state index in [4.69, 9.17) is 15.2 Å². The SMILES string of the molecule is CCn1nc(C)c(N)c1N1CCC2(CC1)OCCO2. The summed E-state index contributed by atoms with van der Waals surface area (Å²) in [5.74, 6) is 0.713. The van der Waals surface area contributed by atoms with Gasteiger partial charge in [0.15, 0.2) is 11.6 Å². The van der Waals surface area contributed by atoms with Gasteiger partial charge in [0, 0.05) is 32.5 Å². The Hall–Kier alpha value is -1.27. The number of piperidine rings is 1. The molecule has 2 N–H and O–H groups in total. The van der Waals surface area contributed by atoms with Crippen LogP contribution in [0.5, 0.6) is 0 Å².